The molecule has 2 heterocycles. The molecule has 18 heavy (non-hydrogen) atoms. The molecular formula is C12H14N2O4. The van der Waals surface area contributed by atoms with E-state index in [-0.39, 0.29) is 23.2 Å². The van der Waals surface area contributed by atoms with Crippen molar-refractivity contribution in [3.63, 3.8) is 0 Å². The number of nitrogens with zero attached hydrogens (tertiary/aromatic N) is 2. The summed E-state index contributed by atoms with van der Waals surface area (Å²) >= 11 is 0. The van der Waals surface area contributed by atoms with Crippen molar-refractivity contribution in [3.05, 3.63) is 29.6 Å². The third-order valence-electron chi connectivity index (χ3n) is 2.87. The van der Waals surface area contributed by atoms with Gasteiger partial charge in [-0.1, -0.05) is 0 Å². The first kappa shape index (κ1) is 12.5. The molecular weight excluding hydrogens is 236 g/mol. The number of morpholine rings is 1. The van der Waals surface area contributed by atoms with E-state index in [4.69, 9.17) is 9.84 Å². The largest absolute Gasteiger partial charge is 0.478 e. The topological polar surface area (TPSA) is 79.7 Å². The summed E-state index contributed by atoms with van der Waals surface area (Å²) in [5.41, 5.74) is -0.0834. The van der Waals surface area contributed by atoms with Gasteiger partial charge in [-0.05, 0) is 19.1 Å². The van der Waals surface area contributed by atoms with Gasteiger partial charge >= 0.3 is 5.97 Å². The summed E-state index contributed by atoms with van der Waals surface area (Å²) in [5, 5.41) is 9.04. The lowest BCUT2D eigenvalue weighted by atomic mass is 10.1. The molecule has 1 aliphatic heterocycles. The number of aromatic nitrogens is 1. The molecule has 1 aliphatic rings. The average Bonchev–Trinajstić information content (AvgIpc) is 2.38. The van der Waals surface area contributed by atoms with E-state index < -0.39 is 5.97 Å². The van der Waals surface area contributed by atoms with E-state index in [2.05, 4.69) is 4.98 Å². The Morgan fingerprint density at radius 3 is 3.00 bits per heavy atom. The van der Waals surface area contributed by atoms with Crippen molar-refractivity contribution in [1.29, 1.82) is 0 Å². The van der Waals surface area contributed by atoms with E-state index in [0.717, 1.165) is 0 Å². The lowest BCUT2D eigenvalue weighted by Crippen LogP contribution is -2.47. The van der Waals surface area contributed by atoms with E-state index in [1.165, 1.54) is 18.3 Å². The number of carbonyl (C=O) groups excluding carboxylic acids is 1. The number of hydrogen-bond donors (Lipinski definition) is 1. The van der Waals surface area contributed by atoms with E-state index in [9.17, 15) is 9.59 Å². The van der Waals surface area contributed by atoms with Crippen molar-refractivity contribution in [3.8, 4) is 0 Å². The first-order chi connectivity index (χ1) is 8.61. The molecule has 1 saturated heterocycles. The first-order valence-corrected chi connectivity index (χ1v) is 5.68. The molecule has 6 heteroatoms. The SMILES string of the molecule is CC1COCCN1C(=O)c1ncccc1C(=O)O. The number of carbonyl (C=O) groups is 2. The van der Waals surface area contributed by atoms with Crippen LogP contribution in [0.15, 0.2) is 18.3 Å². The first-order valence-electron chi connectivity index (χ1n) is 5.68. The zero-order valence-electron chi connectivity index (χ0n) is 10.00. The highest BCUT2D eigenvalue weighted by molar-refractivity contribution is 6.03. The molecule has 0 bridgehead atoms. The molecule has 0 radical (unpaired) electrons. The third-order valence-corrected chi connectivity index (χ3v) is 2.87. The molecule has 6 nitrogen and oxygen atoms in total. The predicted molar refractivity (Wildman–Crippen MR) is 62.5 cm³/mol. The number of hydrogen-bond acceptors (Lipinski definition) is 4. The number of carboxylic acid groups (broad SMARTS) is 1. The van der Waals surface area contributed by atoms with Gasteiger partial charge in [0, 0.05) is 12.7 Å². The van der Waals surface area contributed by atoms with Crippen LogP contribution in [0, 0.1) is 0 Å². The molecule has 0 aromatic carbocycles. The monoisotopic (exact) mass is 250 g/mol. The van der Waals surface area contributed by atoms with Gasteiger partial charge in [0.05, 0.1) is 24.8 Å². The summed E-state index contributed by atoms with van der Waals surface area (Å²) in [5.74, 6) is -1.50. The lowest BCUT2D eigenvalue weighted by Gasteiger charge is -2.33. The minimum absolute atomic E-state index is 0.0150. The van der Waals surface area contributed by atoms with Gasteiger partial charge in [0.15, 0.2) is 0 Å². The summed E-state index contributed by atoms with van der Waals surface area (Å²) in [6, 6.07) is 2.81. The van der Waals surface area contributed by atoms with Crippen LogP contribution in [-0.4, -0.2) is 52.7 Å². The van der Waals surface area contributed by atoms with Crippen molar-refractivity contribution in [1.82, 2.24) is 9.88 Å². The maximum atomic E-state index is 12.3. The third kappa shape index (κ3) is 2.33. The zero-order chi connectivity index (χ0) is 13.1. The van der Waals surface area contributed by atoms with Crippen LogP contribution in [-0.2, 0) is 4.74 Å². The molecule has 1 N–H and O–H groups in total. The van der Waals surface area contributed by atoms with E-state index in [1.807, 2.05) is 6.92 Å². The van der Waals surface area contributed by atoms with E-state index in [1.54, 1.807) is 4.90 Å². The molecule has 1 fully saturated rings. The highest BCUT2D eigenvalue weighted by Crippen LogP contribution is 2.14. The number of amides is 1. The van der Waals surface area contributed by atoms with Crippen LogP contribution in [0.5, 0.6) is 0 Å². The molecule has 1 aromatic heterocycles. The fourth-order valence-corrected chi connectivity index (χ4v) is 1.91. The number of pyridine rings is 1. The quantitative estimate of drug-likeness (QED) is 0.833. The molecule has 1 atom stereocenters. The van der Waals surface area contributed by atoms with Crippen molar-refractivity contribution < 1.29 is 19.4 Å². The van der Waals surface area contributed by atoms with Crippen LogP contribution in [0.3, 0.4) is 0 Å². The summed E-state index contributed by atoms with van der Waals surface area (Å²) in [6.45, 7) is 3.24. The van der Waals surface area contributed by atoms with Crippen molar-refractivity contribution in [2.24, 2.45) is 0 Å². The van der Waals surface area contributed by atoms with Gasteiger partial charge in [-0.2, -0.15) is 0 Å². The molecule has 0 aliphatic carbocycles. The molecule has 2 rings (SSSR count). The maximum Gasteiger partial charge on any atom is 0.338 e. The standard InChI is InChI=1S/C12H14N2O4/c1-8-7-18-6-5-14(8)11(15)10-9(12(16)17)3-2-4-13-10/h2-4,8H,5-7H2,1H3,(H,16,17). The second-order valence-electron chi connectivity index (χ2n) is 4.13. The Balaban J connectivity index is 2.30. The molecule has 1 amide bonds. The van der Waals surface area contributed by atoms with Crippen LogP contribution in [0.1, 0.15) is 27.8 Å². The fraction of sp³-hybridized carbons (Fsp3) is 0.417. The Labute approximate surface area is 104 Å². The number of carboxylic acids is 1. The maximum absolute atomic E-state index is 12.3. The van der Waals surface area contributed by atoms with Gasteiger partial charge in [-0.15, -0.1) is 0 Å². The smallest absolute Gasteiger partial charge is 0.338 e. The fourth-order valence-electron chi connectivity index (χ4n) is 1.91. The summed E-state index contributed by atoms with van der Waals surface area (Å²) in [7, 11) is 0. The minimum atomic E-state index is -1.15. The van der Waals surface area contributed by atoms with E-state index >= 15 is 0 Å². The Morgan fingerprint density at radius 1 is 1.56 bits per heavy atom. The van der Waals surface area contributed by atoms with Crippen molar-refractivity contribution >= 4 is 11.9 Å². The summed E-state index contributed by atoms with van der Waals surface area (Å²) in [6.07, 6.45) is 1.42. The van der Waals surface area contributed by atoms with Crippen LogP contribution in [0.2, 0.25) is 0 Å². The highest BCUT2D eigenvalue weighted by atomic mass is 16.5. The van der Waals surface area contributed by atoms with Gasteiger partial charge < -0.3 is 14.7 Å². The second kappa shape index (κ2) is 5.14. The lowest BCUT2D eigenvalue weighted by molar-refractivity contribution is 0.00313. The highest BCUT2D eigenvalue weighted by Gasteiger charge is 2.28. The number of ether oxygens (including phenoxy) is 1. The van der Waals surface area contributed by atoms with Crippen LogP contribution in [0.4, 0.5) is 0 Å². The Hall–Kier alpha value is -1.95. The van der Waals surface area contributed by atoms with Crippen LogP contribution >= 0.6 is 0 Å². The molecule has 0 spiro atoms. The average molecular weight is 250 g/mol. The molecule has 1 unspecified atom stereocenters. The van der Waals surface area contributed by atoms with Gasteiger partial charge in [0.1, 0.15) is 5.69 Å². The Morgan fingerprint density at radius 2 is 2.33 bits per heavy atom. The summed E-state index contributed by atoms with van der Waals surface area (Å²) < 4.78 is 5.25. The van der Waals surface area contributed by atoms with Gasteiger partial charge in [0.25, 0.3) is 5.91 Å². The van der Waals surface area contributed by atoms with Crippen LogP contribution in [0.25, 0.3) is 0 Å². The zero-order valence-corrected chi connectivity index (χ0v) is 10.00. The van der Waals surface area contributed by atoms with Gasteiger partial charge in [-0.3, -0.25) is 9.78 Å². The van der Waals surface area contributed by atoms with E-state index in [0.29, 0.717) is 19.8 Å². The molecule has 0 saturated carbocycles. The summed E-state index contributed by atoms with van der Waals surface area (Å²) in [4.78, 5) is 28.8. The number of rotatable bonds is 2. The van der Waals surface area contributed by atoms with Gasteiger partial charge in [-0.25, -0.2) is 4.79 Å². The Kier molecular flexibility index (Phi) is 3.57. The van der Waals surface area contributed by atoms with Crippen molar-refractivity contribution in [2.75, 3.05) is 19.8 Å². The van der Waals surface area contributed by atoms with Crippen molar-refractivity contribution in [2.45, 2.75) is 13.0 Å². The normalized spacial score (nSPS) is 19.6. The number of aromatic carboxylic acids is 1. The van der Waals surface area contributed by atoms with Crippen LogP contribution < -0.4 is 0 Å². The Bertz CT molecular complexity index is 475. The minimum Gasteiger partial charge on any atom is -0.478 e. The predicted octanol–water partition coefficient (Wildman–Crippen LogP) is 0.641. The van der Waals surface area contributed by atoms with Gasteiger partial charge in [0.2, 0.25) is 0 Å². The molecule has 1 aromatic rings. The second-order valence-corrected chi connectivity index (χ2v) is 4.13. The molecule has 96 valence electrons.